The van der Waals surface area contributed by atoms with E-state index >= 15 is 0 Å². The molecule has 21 heavy (non-hydrogen) atoms. The van der Waals surface area contributed by atoms with E-state index in [1.54, 1.807) is 4.90 Å². The molecule has 1 N–H and O–H groups in total. The lowest BCUT2D eigenvalue weighted by Gasteiger charge is -2.22. The molecule has 2 saturated carbocycles. The zero-order valence-corrected chi connectivity index (χ0v) is 13.0. The lowest BCUT2D eigenvalue weighted by Crippen LogP contribution is -2.43. The van der Waals surface area contributed by atoms with Gasteiger partial charge >= 0.3 is 0 Å². The minimum atomic E-state index is -0.248. The summed E-state index contributed by atoms with van der Waals surface area (Å²) in [5.74, 6) is 0.982. The Morgan fingerprint density at radius 3 is 2.38 bits per heavy atom. The Kier molecular flexibility index (Phi) is 4.94. The molecule has 1 aliphatic heterocycles. The van der Waals surface area contributed by atoms with Crippen molar-refractivity contribution in [3.63, 3.8) is 0 Å². The normalized spacial score (nSPS) is 28.2. The smallest absolute Gasteiger partial charge is 0.247 e. The quantitative estimate of drug-likeness (QED) is 0.605. The van der Waals surface area contributed by atoms with E-state index in [1.807, 2.05) is 0 Å². The summed E-state index contributed by atoms with van der Waals surface area (Å²) in [7, 11) is 0. The van der Waals surface area contributed by atoms with Gasteiger partial charge in [0.05, 0.1) is 12.5 Å². The second-order valence-corrected chi connectivity index (χ2v) is 7.04. The number of carbonyl (C=O) groups is 2. The van der Waals surface area contributed by atoms with E-state index in [1.165, 1.54) is 32.1 Å². The molecule has 0 spiro atoms. The molecule has 1 unspecified atom stereocenters. The summed E-state index contributed by atoms with van der Waals surface area (Å²) in [5, 5.41) is 3.33. The lowest BCUT2D eigenvalue weighted by atomic mass is 10.0. The topological polar surface area (TPSA) is 49.4 Å². The van der Waals surface area contributed by atoms with Crippen molar-refractivity contribution >= 4 is 11.8 Å². The Bertz CT molecular complexity index is 384. The molecule has 0 aromatic carbocycles. The van der Waals surface area contributed by atoms with Gasteiger partial charge in [-0.05, 0) is 38.1 Å². The van der Waals surface area contributed by atoms with Crippen LogP contribution < -0.4 is 5.32 Å². The van der Waals surface area contributed by atoms with Crippen LogP contribution in [0.1, 0.15) is 70.6 Å². The summed E-state index contributed by atoms with van der Waals surface area (Å²) in [6.45, 7) is 0.874. The molecule has 3 fully saturated rings. The second kappa shape index (κ2) is 6.91. The average molecular weight is 292 g/mol. The number of likely N-dealkylation sites (tertiary alicyclic amines) is 1. The molecule has 2 amide bonds. The molecule has 1 saturated heterocycles. The predicted octanol–water partition coefficient (Wildman–Crippen LogP) is 2.62. The van der Waals surface area contributed by atoms with Crippen molar-refractivity contribution in [1.29, 1.82) is 0 Å². The van der Waals surface area contributed by atoms with Gasteiger partial charge in [0.25, 0.3) is 0 Å². The van der Waals surface area contributed by atoms with Crippen LogP contribution in [0.25, 0.3) is 0 Å². The SMILES string of the molecule is O=C1CC(NCCCC2CCCC2)C(=O)N1C1CCCC1. The zero-order valence-electron chi connectivity index (χ0n) is 13.0. The summed E-state index contributed by atoms with van der Waals surface area (Å²) < 4.78 is 0. The fraction of sp³-hybridized carbons (Fsp3) is 0.882. The number of hydrogen-bond donors (Lipinski definition) is 1. The molecule has 4 heteroatoms. The van der Waals surface area contributed by atoms with Crippen LogP contribution in [0.3, 0.4) is 0 Å². The molecule has 1 atom stereocenters. The number of hydrogen-bond acceptors (Lipinski definition) is 3. The van der Waals surface area contributed by atoms with Gasteiger partial charge in [0.15, 0.2) is 0 Å². The van der Waals surface area contributed by atoms with Gasteiger partial charge < -0.3 is 5.32 Å². The average Bonchev–Trinajstić information content (AvgIpc) is 3.18. The molecule has 2 aliphatic carbocycles. The maximum Gasteiger partial charge on any atom is 0.247 e. The molecule has 0 radical (unpaired) electrons. The second-order valence-electron chi connectivity index (χ2n) is 7.04. The molecule has 0 aromatic rings. The van der Waals surface area contributed by atoms with Crippen molar-refractivity contribution in [3.8, 4) is 0 Å². The number of rotatable bonds is 6. The highest BCUT2D eigenvalue weighted by molar-refractivity contribution is 6.05. The Morgan fingerprint density at radius 2 is 1.67 bits per heavy atom. The van der Waals surface area contributed by atoms with Gasteiger partial charge in [0.1, 0.15) is 0 Å². The molecule has 3 aliphatic rings. The fourth-order valence-corrected chi connectivity index (χ4v) is 4.32. The largest absolute Gasteiger partial charge is 0.305 e. The van der Waals surface area contributed by atoms with Crippen LogP contribution in [0.15, 0.2) is 0 Å². The first-order valence-electron chi connectivity index (χ1n) is 8.85. The summed E-state index contributed by atoms with van der Waals surface area (Å²) >= 11 is 0. The number of nitrogens with zero attached hydrogens (tertiary/aromatic N) is 1. The fourth-order valence-electron chi connectivity index (χ4n) is 4.32. The van der Waals surface area contributed by atoms with Crippen molar-refractivity contribution < 1.29 is 9.59 Å². The van der Waals surface area contributed by atoms with Crippen LogP contribution in [0.5, 0.6) is 0 Å². The van der Waals surface area contributed by atoms with Crippen molar-refractivity contribution in [1.82, 2.24) is 10.2 Å². The minimum absolute atomic E-state index is 0.0350. The van der Waals surface area contributed by atoms with Gasteiger partial charge in [0, 0.05) is 6.04 Å². The van der Waals surface area contributed by atoms with E-state index in [2.05, 4.69) is 5.32 Å². The van der Waals surface area contributed by atoms with Gasteiger partial charge in [-0.2, -0.15) is 0 Å². The monoisotopic (exact) mass is 292 g/mol. The lowest BCUT2D eigenvalue weighted by molar-refractivity contribution is -0.141. The van der Waals surface area contributed by atoms with Gasteiger partial charge in [-0.15, -0.1) is 0 Å². The van der Waals surface area contributed by atoms with Crippen LogP contribution in [-0.2, 0) is 9.59 Å². The van der Waals surface area contributed by atoms with Crippen LogP contribution in [0, 0.1) is 5.92 Å². The standard InChI is InChI=1S/C17H28N2O2/c20-16-12-15(17(21)19(16)14-9-3-4-10-14)18-11-5-8-13-6-1-2-7-13/h13-15,18H,1-12H2. The molecule has 118 valence electrons. The molecular weight excluding hydrogens is 264 g/mol. The van der Waals surface area contributed by atoms with Gasteiger partial charge in [-0.3, -0.25) is 14.5 Å². The first kappa shape index (κ1) is 15.0. The van der Waals surface area contributed by atoms with Crippen LogP contribution in [0.2, 0.25) is 0 Å². The van der Waals surface area contributed by atoms with Crippen LogP contribution in [0.4, 0.5) is 0 Å². The van der Waals surface area contributed by atoms with Crippen LogP contribution in [-0.4, -0.2) is 35.3 Å². The van der Waals surface area contributed by atoms with Gasteiger partial charge in [0.2, 0.25) is 11.8 Å². The highest BCUT2D eigenvalue weighted by Crippen LogP contribution is 2.29. The van der Waals surface area contributed by atoms with Crippen molar-refractivity contribution in [2.24, 2.45) is 5.92 Å². The van der Waals surface area contributed by atoms with E-state index < -0.39 is 0 Å². The molecular formula is C17H28N2O2. The molecule has 0 aromatic heterocycles. The first-order chi connectivity index (χ1) is 10.3. The third-order valence-electron chi connectivity index (χ3n) is 5.53. The highest BCUT2D eigenvalue weighted by atomic mass is 16.2. The maximum absolute atomic E-state index is 12.4. The van der Waals surface area contributed by atoms with E-state index in [4.69, 9.17) is 0 Å². The zero-order chi connectivity index (χ0) is 14.7. The summed E-state index contributed by atoms with van der Waals surface area (Å²) in [5.41, 5.74) is 0. The van der Waals surface area contributed by atoms with Crippen molar-refractivity contribution in [2.75, 3.05) is 6.54 Å². The summed E-state index contributed by atoms with van der Waals surface area (Å²) in [6, 6.07) is -0.0584. The third kappa shape index (κ3) is 3.47. The van der Waals surface area contributed by atoms with Gasteiger partial charge in [-0.25, -0.2) is 0 Å². The minimum Gasteiger partial charge on any atom is -0.305 e. The highest BCUT2D eigenvalue weighted by Gasteiger charge is 2.42. The number of carbonyl (C=O) groups excluding carboxylic acids is 2. The van der Waals surface area contributed by atoms with E-state index in [0.29, 0.717) is 6.42 Å². The van der Waals surface area contributed by atoms with Gasteiger partial charge in [-0.1, -0.05) is 38.5 Å². The molecule has 4 nitrogen and oxygen atoms in total. The number of amides is 2. The Morgan fingerprint density at radius 1 is 1.00 bits per heavy atom. The Balaban J connectivity index is 1.41. The molecule has 3 rings (SSSR count). The summed E-state index contributed by atoms with van der Waals surface area (Å²) in [4.78, 5) is 26.1. The number of nitrogens with one attached hydrogen (secondary N) is 1. The first-order valence-corrected chi connectivity index (χ1v) is 8.85. The Labute approximate surface area is 127 Å². The maximum atomic E-state index is 12.4. The molecule has 1 heterocycles. The van der Waals surface area contributed by atoms with E-state index in [9.17, 15) is 9.59 Å². The van der Waals surface area contributed by atoms with Crippen molar-refractivity contribution in [2.45, 2.75) is 82.7 Å². The predicted molar refractivity (Wildman–Crippen MR) is 81.7 cm³/mol. The molecule has 0 bridgehead atoms. The van der Waals surface area contributed by atoms with Crippen LogP contribution >= 0.6 is 0 Å². The number of imide groups is 1. The Hall–Kier alpha value is -0.900. The third-order valence-corrected chi connectivity index (χ3v) is 5.53. The van der Waals surface area contributed by atoms with Crippen molar-refractivity contribution in [3.05, 3.63) is 0 Å². The van der Waals surface area contributed by atoms with E-state index in [-0.39, 0.29) is 23.9 Å². The summed E-state index contributed by atoms with van der Waals surface area (Å²) in [6.07, 6.45) is 12.7. The van der Waals surface area contributed by atoms with E-state index in [0.717, 1.165) is 44.6 Å².